The molecule has 0 aliphatic carbocycles. The van der Waals surface area contributed by atoms with E-state index < -0.39 is 0 Å². The van der Waals surface area contributed by atoms with E-state index in [0.717, 1.165) is 42.2 Å². The predicted octanol–water partition coefficient (Wildman–Crippen LogP) is 2.55. The molecule has 6 heteroatoms. The summed E-state index contributed by atoms with van der Waals surface area (Å²) in [7, 11) is 4.12. The molecule has 0 aromatic carbocycles. The molecular weight excluding hydrogens is 274 g/mol. The van der Waals surface area contributed by atoms with Crippen molar-refractivity contribution in [2.45, 2.75) is 45.7 Å². The lowest BCUT2D eigenvalue weighted by Gasteiger charge is -2.21. The Morgan fingerprint density at radius 2 is 2.05 bits per heavy atom. The van der Waals surface area contributed by atoms with Crippen LogP contribution in [0.4, 0.5) is 0 Å². The van der Waals surface area contributed by atoms with Crippen molar-refractivity contribution in [3.05, 3.63) is 11.5 Å². The maximum Gasteiger partial charge on any atom is 0.158 e. The molecule has 112 valence electrons. The van der Waals surface area contributed by atoms with Gasteiger partial charge >= 0.3 is 0 Å². The first-order chi connectivity index (χ1) is 9.45. The molecular formula is C14H24ClN5. The number of hydrogen-bond acceptors (Lipinski definition) is 3. The molecule has 5 nitrogen and oxygen atoms in total. The molecule has 0 unspecified atom stereocenters. The monoisotopic (exact) mass is 297 g/mol. The molecule has 2 heterocycles. The van der Waals surface area contributed by atoms with Crippen LogP contribution in [-0.2, 0) is 19.5 Å². The molecule has 0 bridgehead atoms. The van der Waals surface area contributed by atoms with E-state index >= 15 is 0 Å². The Balaban J connectivity index is 2.20. The van der Waals surface area contributed by atoms with Crippen LogP contribution in [0.2, 0.25) is 0 Å². The molecule has 0 saturated carbocycles. The molecule has 0 spiro atoms. The highest BCUT2D eigenvalue weighted by Gasteiger charge is 2.16. The van der Waals surface area contributed by atoms with Gasteiger partial charge in [0.05, 0.1) is 11.6 Å². The van der Waals surface area contributed by atoms with Gasteiger partial charge in [-0.2, -0.15) is 5.10 Å². The average molecular weight is 298 g/mol. The maximum atomic E-state index is 6.03. The first-order valence-corrected chi connectivity index (χ1v) is 7.64. The molecule has 0 amide bonds. The van der Waals surface area contributed by atoms with Crippen molar-refractivity contribution in [3.63, 3.8) is 0 Å². The van der Waals surface area contributed by atoms with Crippen LogP contribution in [-0.4, -0.2) is 43.9 Å². The molecule has 0 aliphatic heterocycles. The Morgan fingerprint density at radius 3 is 2.65 bits per heavy atom. The Morgan fingerprint density at radius 1 is 1.35 bits per heavy atom. The van der Waals surface area contributed by atoms with Gasteiger partial charge in [-0.05, 0) is 40.8 Å². The summed E-state index contributed by atoms with van der Waals surface area (Å²) in [5, 5.41) is 4.44. The summed E-state index contributed by atoms with van der Waals surface area (Å²) in [6.07, 6.45) is 1.08. The summed E-state index contributed by atoms with van der Waals surface area (Å²) >= 11 is 6.03. The van der Waals surface area contributed by atoms with Gasteiger partial charge in [0.25, 0.3) is 0 Å². The number of aryl methyl sites for hydroxylation is 3. The van der Waals surface area contributed by atoms with Crippen molar-refractivity contribution >= 4 is 22.8 Å². The summed E-state index contributed by atoms with van der Waals surface area (Å²) in [6, 6.07) is 0.573. The Kier molecular flexibility index (Phi) is 4.70. The van der Waals surface area contributed by atoms with Gasteiger partial charge in [-0.3, -0.25) is 4.68 Å². The van der Waals surface area contributed by atoms with Gasteiger partial charge in [-0.15, -0.1) is 11.6 Å². The van der Waals surface area contributed by atoms with E-state index in [4.69, 9.17) is 11.6 Å². The topological polar surface area (TPSA) is 38.9 Å². The number of imidazole rings is 1. The lowest BCUT2D eigenvalue weighted by molar-refractivity contribution is 0.265. The Hall–Kier alpha value is -1.07. The molecule has 20 heavy (non-hydrogen) atoms. The van der Waals surface area contributed by atoms with Crippen molar-refractivity contribution < 1.29 is 0 Å². The van der Waals surface area contributed by atoms with Crippen LogP contribution in [0.5, 0.6) is 0 Å². The van der Waals surface area contributed by atoms with Crippen molar-refractivity contribution in [2.24, 2.45) is 7.05 Å². The van der Waals surface area contributed by atoms with Gasteiger partial charge in [0.2, 0.25) is 0 Å². The van der Waals surface area contributed by atoms with E-state index in [0.29, 0.717) is 11.9 Å². The Labute approximate surface area is 125 Å². The summed E-state index contributed by atoms with van der Waals surface area (Å²) in [5.41, 5.74) is 3.01. The van der Waals surface area contributed by atoms with E-state index in [9.17, 15) is 0 Å². The molecule has 2 rings (SSSR count). The fourth-order valence-electron chi connectivity index (χ4n) is 2.45. The third-order valence-electron chi connectivity index (χ3n) is 3.86. The molecule has 0 radical (unpaired) electrons. The highest BCUT2D eigenvalue weighted by Crippen LogP contribution is 2.20. The number of alkyl halides is 1. The van der Waals surface area contributed by atoms with Crippen LogP contribution in [0.25, 0.3) is 11.2 Å². The minimum absolute atomic E-state index is 0.439. The fraction of sp³-hybridized carbons (Fsp3) is 0.714. The van der Waals surface area contributed by atoms with Gasteiger partial charge in [-0.25, -0.2) is 4.98 Å². The van der Waals surface area contributed by atoms with E-state index in [-0.39, 0.29) is 0 Å². The number of halogens is 1. The van der Waals surface area contributed by atoms with Crippen LogP contribution in [0.1, 0.15) is 31.8 Å². The van der Waals surface area contributed by atoms with Crippen molar-refractivity contribution in [2.75, 3.05) is 13.6 Å². The van der Waals surface area contributed by atoms with Crippen molar-refractivity contribution in [1.82, 2.24) is 24.2 Å². The van der Waals surface area contributed by atoms with Crippen LogP contribution >= 0.6 is 11.6 Å². The van der Waals surface area contributed by atoms with E-state index in [2.05, 4.69) is 40.4 Å². The summed E-state index contributed by atoms with van der Waals surface area (Å²) in [4.78, 5) is 6.97. The van der Waals surface area contributed by atoms with Crippen molar-refractivity contribution in [1.29, 1.82) is 0 Å². The number of aromatic nitrogens is 4. The fourth-order valence-corrected chi connectivity index (χ4v) is 2.66. The smallest absolute Gasteiger partial charge is 0.158 e. The molecule has 0 saturated heterocycles. The highest BCUT2D eigenvalue weighted by atomic mass is 35.5. The normalized spacial score (nSPS) is 12.2. The van der Waals surface area contributed by atoms with Crippen LogP contribution < -0.4 is 0 Å². The molecule has 0 atom stereocenters. The maximum absolute atomic E-state index is 6.03. The number of hydrogen-bond donors (Lipinski definition) is 0. The molecule has 2 aromatic heterocycles. The summed E-state index contributed by atoms with van der Waals surface area (Å²) in [5.74, 6) is 1.37. The minimum atomic E-state index is 0.439. The van der Waals surface area contributed by atoms with Crippen LogP contribution in [0.15, 0.2) is 0 Å². The highest BCUT2D eigenvalue weighted by molar-refractivity contribution is 6.16. The Bertz CT molecular complexity index is 584. The predicted molar refractivity (Wildman–Crippen MR) is 83.2 cm³/mol. The second-order valence-electron chi connectivity index (χ2n) is 5.62. The second-order valence-corrected chi connectivity index (χ2v) is 5.89. The van der Waals surface area contributed by atoms with Crippen LogP contribution in [0.3, 0.4) is 0 Å². The van der Waals surface area contributed by atoms with Crippen LogP contribution in [0, 0.1) is 6.92 Å². The van der Waals surface area contributed by atoms with Gasteiger partial charge in [0, 0.05) is 19.6 Å². The summed E-state index contributed by atoms with van der Waals surface area (Å²) < 4.78 is 4.11. The quantitative estimate of drug-likeness (QED) is 0.769. The standard InChI is InChI=1S/C14H24ClN5/c1-10(2)18(4)7-6-8-20-12(9-15)16-13-11(3)17-19(5)14(13)20/h10H,6-9H2,1-5H3. The zero-order valence-corrected chi connectivity index (χ0v) is 13.8. The SMILES string of the molecule is Cc1nn(C)c2c1nc(CCl)n2CCCN(C)C(C)C. The molecule has 0 aliphatic rings. The van der Waals surface area contributed by atoms with Gasteiger partial charge < -0.3 is 9.47 Å². The molecule has 0 fully saturated rings. The second kappa shape index (κ2) is 6.14. The largest absolute Gasteiger partial charge is 0.312 e. The first-order valence-electron chi connectivity index (χ1n) is 7.10. The third-order valence-corrected chi connectivity index (χ3v) is 4.10. The van der Waals surface area contributed by atoms with E-state index in [1.54, 1.807) is 0 Å². The lowest BCUT2D eigenvalue weighted by Crippen LogP contribution is -2.28. The number of fused-ring (bicyclic) bond motifs is 1. The van der Waals surface area contributed by atoms with E-state index in [1.165, 1.54) is 0 Å². The van der Waals surface area contributed by atoms with Gasteiger partial charge in [-0.1, -0.05) is 0 Å². The molecule has 0 N–H and O–H groups in total. The molecule has 2 aromatic rings. The van der Waals surface area contributed by atoms with Crippen molar-refractivity contribution in [3.8, 4) is 0 Å². The van der Waals surface area contributed by atoms with E-state index in [1.807, 2.05) is 18.7 Å². The number of rotatable bonds is 6. The third kappa shape index (κ3) is 2.83. The average Bonchev–Trinajstić information content (AvgIpc) is 2.89. The minimum Gasteiger partial charge on any atom is -0.312 e. The first kappa shape index (κ1) is 15.3. The van der Waals surface area contributed by atoms with Gasteiger partial charge in [0.15, 0.2) is 5.65 Å². The number of nitrogens with zero attached hydrogens (tertiary/aromatic N) is 5. The van der Waals surface area contributed by atoms with Gasteiger partial charge in [0.1, 0.15) is 11.3 Å². The lowest BCUT2D eigenvalue weighted by atomic mass is 10.3. The zero-order chi connectivity index (χ0) is 14.9. The summed E-state index contributed by atoms with van der Waals surface area (Å²) in [6.45, 7) is 8.41. The zero-order valence-electron chi connectivity index (χ0n) is 13.0.